The van der Waals surface area contributed by atoms with Crippen molar-refractivity contribution < 1.29 is 14.7 Å². The highest BCUT2D eigenvalue weighted by atomic mass is 16.4. The molecule has 1 amide bonds. The van der Waals surface area contributed by atoms with E-state index in [1.807, 2.05) is 0 Å². The molecule has 1 rings (SSSR count). The summed E-state index contributed by atoms with van der Waals surface area (Å²) in [6.07, 6.45) is 7.21. The van der Waals surface area contributed by atoms with Gasteiger partial charge in [0.05, 0.1) is 11.5 Å². The normalized spacial score (nSPS) is 17.8. The van der Waals surface area contributed by atoms with Crippen LogP contribution in [0.2, 0.25) is 0 Å². The SMILES string of the molecule is N#CCCCCNC(=O)CC1(C(=O)O)CCCCCC1. The molecule has 0 atom stereocenters. The van der Waals surface area contributed by atoms with Gasteiger partial charge in [-0.2, -0.15) is 5.26 Å². The van der Waals surface area contributed by atoms with Gasteiger partial charge in [-0.1, -0.05) is 25.7 Å². The van der Waals surface area contributed by atoms with Gasteiger partial charge in [-0.15, -0.1) is 0 Å². The molecule has 0 aromatic carbocycles. The van der Waals surface area contributed by atoms with E-state index in [2.05, 4.69) is 11.4 Å². The van der Waals surface area contributed by atoms with Crippen molar-refractivity contribution in [3.63, 3.8) is 0 Å². The Morgan fingerprint density at radius 2 is 1.80 bits per heavy atom. The zero-order chi connectivity index (χ0) is 14.8. The molecule has 0 aromatic rings. The molecule has 0 unspecified atom stereocenters. The van der Waals surface area contributed by atoms with Crippen LogP contribution < -0.4 is 5.32 Å². The standard InChI is InChI=1S/C15H24N2O3/c16-10-6-3-7-11-17-13(18)12-15(14(19)20)8-4-1-2-5-9-15/h1-9,11-12H2,(H,17,18)(H,19,20). The number of carboxylic acid groups (broad SMARTS) is 1. The number of amides is 1. The van der Waals surface area contributed by atoms with Crippen molar-refractivity contribution in [2.75, 3.05) is 6.54 Å². The van der Waals surface area contributed by atoms with Gasteiger partial charge < -0.3 is 10.4 Å². The van der Waals surface area contributed by atoms with Crippen molar-refractivity contribution in [2.24, 2.45) is 5.41 Å². The zero-order valence-electron chi connectivity index (χ0n) is 12.0. The number of aliphatic carboxylic acids is 1. The molecule has 1 fully saturated rings. The number of hydrogen-bond acceptors (Lipinski definition) is 3. The first-order valence-electron chi connectivity index (χ1n) is 7.48. The number of nitrogens with one attached hydrogen (secondary N) is 1. The average molecular weight is 280 g/mol. The number of rotatable bonds is 7. The Morgan fingerprint density at radius 3 is 2.35 bits per heavy atom. The third kappa shape index (κ3) is 5.20. The number of hydrogen-bond donors (Lipinski definition) is 2. The van der Waals surface area contributed by atoms with Gasteiger partial charge in [0.1, 0.15) is 0 Å². The van der Waals surface area contributed by atoms with E-state index in [0.29, 0.717) is 25.8 Å². The van der Waals surface area contributed by atoms with E-state index in [9.17, 15) is 14.7 Å². The Kier molecular flexibility index (Phi) is 7.06. The summed E-state index contributed by atoms with van der Waals surface area (Å²) >= 11 is 0. The zero-order valence-corrected chi connectivity index (χ0v) is 12.0. The van der Waals surface area contributed by atoms with Crippen LogP contribution >= 0.6 is 0 Å². The van der Waals surface area contributed by atoms with Crippen LogP contribution in [-0.2, 0) is 9.59 Å². The van der Waals surface area contributed by atoms with Crippen LogP contribution in [0.1, 0.15) is 64.2 Å². The minimum absolute atomic E-state index is 0.0839. The lowest BCUT2D eigenvalue weighted by Crippen LogP contribution is -2.37. The predicted octanol–water partition coefficient (Wildman–Crippen LogP) is 2.61. The second-order valence-corrected chi connectivity index (χ2v) is 5.64. The Labute approximate surface area is 120 Å². The molecular formula is C15H24N2O3. The molecule has 0 saturated heterocycles. The smallest absolute Gasteiger partial charge is 0.310 e. The van der Waals surface area contributed by atoms with E-state index in [1.54, 1.807) is 0 Å². The highest BCUT2D eigenvalue weighted by molar-refractivity contribution is 5.85. The van der Waals surface area contributed by atoms with Crippen molar-refractivity contribution in [3.05, 3.63) is 0 Å². The topological polar surface area (TPSA) is 90.2 Å². The van der Waals surface area contributed by atoms with Gasteiger partial charge in [0.15, 0.2) is 0 Å². The molecule has 112 valence electrons. The second-order valence-electron chi connectivity index (χ2n) is 5.64. The van der Waals surface area contributed by atoms with Crippen molar-refractivity contribution >= 4 is 11.9 Å². The third-order valence-corrected chi connectivity index (χ3v) is 4.05. The summed E-state index contributed by atoms with van der Waals surface area (Å²) in [5.41, 5.74) is -0.868. The fraction of sp³-hybridized carbons (Fsp3) is 0.800. The van der Waals surface area contributed by atoms with E-state index in [4.69, 9.17) is 5.26 Å². The van der Waals surface area contributed by atoms with Crippen LogP contribution in [0.5, 0.6) is 0 Å². The molecule has 20 heavy (non-hydrogen) atoms. The molecule has 0 heterocycles. The molecule has 0 spiro atoms. The van der Waals surface area contributed by atoms with Gasteiger partial charge in [0.2, 0.25) is 5.91 Å². The molecule has 1 aliphatic rings. The number of carbonyl (C=O) groups excluding carboxylic acids is 1. The number of carbonyl (C=O) groups is 2. The lowest BCUT2D eigenvalue weighted by atomic mass is 9.77. The first-order chi connectivity index (χ1) is 9.60. The molecule has 1 aliphatic carbocycles. The van der Waals surface area contributed by atoms with Crippen molar-refractivity contribution in [1.29, 1.82) is 5.26 Å². The second kappa shape index (κ2) is 8.57. The molecule has 2 N–H and O–H groups in total. The molecule has 1 saturated carbocycles. The van der Waals surface area contributed by atoms with Gasteiger partial charge >= 0.3 is 5.97 Å². The summed E-state index contributed by atoms with van der Waals surface area (Å²) in [5.74, 6) is -1.01. The monoisotopic (exact) mass is 280 g/mol. The van der Waals surface area contributed by atoms with E-state index in [1.165, 1.54) is 0 Å². The number of unbranched alkanes of at least 4 members (excludes halogenated alkanes) is 2. The van der Waals surface area contributed by atoms with Crippen LogP contribution in [-0.4, -0.2) is 23.5 Å². The number of carboxylic acids is 1. The van der Waals surface area contributed by atoms with Crippen LogP contribution in [0.4, 0.5) is 0 Å². The summed E-state index contributed by atoms with van der Waals surface area (Å²) in [4.78, 5) is 23.5. The van der Waals surface area contributed by atoms with Gasteiger partial charge in [-0.25, -0.2) is 0 Å². The van der Waals surface area contributed by atoms with Crippen molar-refractivity contribution in [1.82, 2.24) is 5.32 Å². The van der Waals surface area contributed by atoms with E-state index >= 15 is 0 Å². The Hall–Kier alpha value is -1.57. The highest BCUT2D eigenvalue weighted by Gasteiger charge is 2.40. The van der Waals surface area contributed by atoms with E-state index < -0.39 is 11.4 Å². The number of nitrogens with zero attached hydrogens (tertiary/aromatic N) is 1. The van der Waals surface area contributed by atoms with Crippen LogP contribution in [0.3, 0.4) is 0 Å². The van der Waals surface area contributed by atoms with Crippen molar-refractivity contribution in [2.45, 2.75) is 64.2 Å². The predicted molar refractivity (Wildman–Crippen MR) is 74.9 cm³/mol. The first kappa shape index (κ1) is 16.5. The largest absolute Gasteiger partial charge is 0.481 e. The quantitative estimate of drug-likeness (QED) is 0.554. The summed E-state index contributed by atoms with van der Waals surface area (Å²) in [6.45, 7) is 0.524. The summed E-state index contributed by atoms with van der Waals surface area (Å²) in [5, 5.41) is 20.7. The van der Waals surface area contributed by atoms with E-state index in [-0.39, 0.29) is 12.3 Å². The fourth-order valence-electron chi connectivity index (χ4n) is 2.80. The van der Waals surface area contributed by atoms with Gasteiger partial charge in [0.25, 0.3) is 0 Å². The number of nitriles is 1. The first-order valence-corrected chi connectivity index (χ1v) is 7.48. The average Bonchev–Trinajstić information content (AvgIpc) is 2.65. The lowest BCUT2D eigenvalue weighted by molar-refractivity contribution is -0.152. The molecule has 0 aromatic heterocycles. The maximum Gasteiger partial charge on any atom is 0.310 e. The molecule has 0 bridgehead atoms. The van der Waals surface area contributed by atoms with Gasteiger partial charge in [-0.3, -0.25) is 9.59 Å². The Balaban J connectivity index is 2.43. The van der Waals surface area contributed by atoms with Gasteiger partial charge in [0, 0.05) is 19.4 Å². The molecule has 0 radical (unpaired) electrons. The Bertz CT molecular complexity index is 366. The van der Waals surface area contributed by atoms with Crippen LogP contribution in [0.25, 0.3) is 0 Å². The van der Waals surface area contributed by atoms with Crippen molar-refractivity contribution in [3.8, 4) is 6.07 Å². The molecule has 0 aliphatic heterocycles. The highest BCUT2D eigenvalue weighted by Crippen LogP contribution is 2.38. The van der Waals surface area contributed by atoms with E-state index in [0.717, 1.165) is 38.5 Å². The van der Waals surface area contributed by atoms with Crippen LogP contribution in [0.15, 0.2) is 0 Å². The molecule has 5 nitrogen and oxygen atoms in total. The van der Waals surface area contributed by atoms with Crippen LogP contribution in [0, 0.1) is 16.7 Å². The third-order valence-electron chi connectivity index (χ3n) is 4.05. The summed E-state index contributed by atoms with van der Waals surface area (Å²) in [6, 6.07) is 2.06. The maximum atomic E-state index is 11.9. The lowest BCUT2D eigenvalue weighted by Gasteiger charge is -2.27. The fourth-order valence-corrected chi connectivity index (χ4v) is 2.80. The minimum atomic E-state index is -0.868. The minimum Gasteiger partial charge on any atom is -0.481 e. The molecule has 5 heteroatoms. The van der Waals surface area contributed by atoms with Gasteiger partial charge in [-0.05, 0) is 25.7 Å². The maximum absolute atomic E-state index is 11.9. The summed E-state index contributed by atoms with van der Waals surface area (Å²) < 4.78 is 0. The molecular weight excluding hydrogens is 256 g/mol. The summed E-state index contributed by atoms with van der Waals surface area (Å²) in [7, 11) is 0. The Morgan fingerprint density at radius 1 is 1.15 bits per heavy atom.